The first-order chi connectivity index (χ1) is 17.0. The Bertz CT molecular complexity index is 1070. The predicted molar refractivity (Wildman–Crippen MR) is 135 cm³/mol. The summed E-state index contributed by atoms with van der Waals surface area (Å²) >= 11 is 0. The summed E-state index contributed by atoms with van der Waals surface area (Å²) < 4.78 is 12.4. The molecule has 9 atom stereocenters. The van der Waals surface area contributed by atoms with Crippen molar-refractivity contribution in [2.75, 3.05) is 6.61 Å². The second-order valence-electron chi connectivity index (χ2n) is 12.7. The Morgan fingerprint density at radius 1 is 1.14 bits per heavy atom. The number of esters is 2. The minimum atomic E-state index is -1.94. The van der Waals surface area contributed by atoms with Gasteiger partial charge in [0.1, 0.15) is 11.7 Å². The maximum Gasteiger partial charge on any atom is 0.309 e. The number of fused-ring (bicyclic) bond motifs is 5. The van der Waals surface area contributed by atoms with Crippen LogP contribution >= 0.6 is 0 Å². The lowest BCUT2D eigenvalue weighted by Gasteiger charge is -2.53. The van der Waals surface area contributed by atoms with Crippen molar-refractivity contribution in [1.82, 2.24) is 0 Å². The first kappa shape index (κ1) is 28.0. The van der Waals surface area contributed by atoms with Crippen LogP contribution < -0.4 is 0 Å². The summed E-state index contributed by atoms with van der Waals surface area (Å²) in [5, 5.41) is 34.6. The molecule has 8 nitrogen and oxygen atoms in total. The lowest BCUT2D eigenvalue weighted by atomic mass is 9.59. The number of rotatable bonds is 6. The number of hydrogen-bond acceptors (Lipinski definition) is 8. The molecule has 8 heteroatoms. The van der Waals surface area contributed by atoms with Gasteiger partial charge in [-0.3, -0.25) is 14.4 Å². The predicted octanol–water partition coefficient (Wildman–Crippen LogP) is 2.73. The fraction of sp³-hybridized carbons (Fsp3) is 0.759. The van der Waals surface area contributed by atoms with Crippen LogP contribution in [0, 0.1) is 40.9 Å². The third-order valence-electron chi connectivity index (χ3n) is 9.96. The van der Waals surface area contributed by atoms with Crippen molar-refractivity contribution >= 4 is 17.7 Å². The highest BCUT2D eigenvalue weighted by Crippen LogP contribution is 2.77. The lowest BCUT2D eigenvalue weighted by Crippen LogP contribution is -2.66. The van der Waals surface area contributed by atoms with E-state index in [1.54, 1.807) is 46.8 Å². The van der Waals surface area contributed by atoms with Crippen molar-refractivity contribution in [3.63, 3.8) is 0 Å². The monoisotopic (exact) mass is 518 g/mol. The molecule has 0 heterocycles. The molecule has 4 rings (SSSR count). The maximum atomic E-state index is 13.2. The third kappa shape index (κ3) is 3.54. The second-order valence-corrected chi connectivity index (χ2v) is 12.7. The molecule has 0 aromatic carbocycles. The highest BCUT2D eigenvalue weighted by Gasteiger charge is 2.88. The summed E-state index contributed by atoms with van der Waals surface area (Å²) in [7, 11) is 0. The molecule has 0 bridgehead atoms. The van der Waals surface area contributed by atoms with Gasteiger partial charge in [-0.1, -0.05) is 60.6 Å². The molecule has 0 spiro atoms. The molecule has 0 aromatic heterocycles. The average molecular weight is 519 g/mol. The van der Waals surface area contributed by atoms with E-state index in [-0.39, 0.29) is 13.0 Å². The molecular weight excluding hydrogens is 476 g/mol. The average Bonchev–Trinajstić information content (AvgIpc) is 3.26. The molecule has 0 amide bonds. The normalized spacial score (nSPS) is 42.5. The quantitative estimate of drug-likeness (QED) is 0.361. The van der Waals surface area contributed by atoms with Crippen LogP contribution in [-0.4, -0.2) is 62.6 Å². The fourth-order valence-corrected chi connectivity index (χ4v) is 7.52. The van der Waals surface area contributed by atoms with E-state index < -0.39 is 81.6 Å². The van der Waals surface area contributed by atoms with Gasteiger partial charge in [0, 0.05) is 35.5 Å². The van der Waals surface area contributed by atoms with Crippen molar-refractivity contribution in [3.8, 4) is 0 Å². The number of ketones is 1. The summed E-state index contributed by atoms with van der Waals surface area (Å²) in [6.07, 6.45) is 2.81. The van der Waals surface area contributed by atoms with Gasteiger partial charge in [-0.15, -0.1) is 0 Å². The maximum absolute atomic E-state index is 13.2. The highest BCUT2D eigenvalue weighted by atomic mass is 16.6. The van der Waals surface area contributed by atoms with Gasteiger partial charge in [0.05, 0.1) is 24.0 Å². The van der Waals surface area contributed by atoms with Gasteiger partial charge in [0.25, 0.3) is 0 Å². The summed E-state index contributed by atoms with van der Waals surface area (Å²) in [4.78, 5) is 39.4. The zero-order valence-electron chi connectivity index (χ0n) is 23.2. The van der Waals surface area contributed by atoms with Crippen LogP contribution in [0.25, 0.3) is 0 Å². The van der Waals surface area contributed by atoms with Crippen LogP contribution in [-0.2, 0) is 23.9 Å². The molecule has 3 N–H and O–H groups in total. The van der Waals surface area contributed by atoms with Crippen molar-refractivity contribution in [2.24, 2.45) is 40.9 Å². The standard InChI is InChI=1S/C29H42O8/c1-9-15(4)25(33)36-23-17(6)28(35)19(21-26(7,8)29(21,23)37-24(32)14(2)3)11-18(13-30)12-27(34)20(28)10-16(5)22(27)31/h10-11,14-15,17,19-21,23,30,34-35H,9,12-13H2,1-8H3/t15-,17-,19+,20-,21-,23+,27+,28-,29+/m0/s1. The minimum Gasteiger partial charge on any atom is -0.457 e. The number of aliphatic hydroxyl groups is 3. The molecule has 0 radical (unpaired) electrons. The van der Waals surface area contributed by atoms with E-state index in [4.69, 9.17) is 9.47 Å². The van der Waals surface area contributed by atoms with Crippen LogP contribution in [0.4, 0.5) is 0 Å². The van der Waals surface area contributed by atoms with E-state index in [0.717, 1.165) is 0 Å². The third-order valence-corrected chi connectivity index (χ3v) is 9.96. The van der Waals surface area contributed by atoms with Gasteiger partial charge < -0.3 is 24.8 Å². The van der Waals surface area contributed by atoms with Gasteiger partial charge >= 0.3 is 11.9 Å². The molecular formula is C29H42O8. The molecule has 0 aliphatic heterocycles. The Morgan fingerprint density at radius 3 is 2.30 bits per heavy atom. The molecule has 0 unspecified atom stereocenters. The number of hydrogen-bond donors (Lipinski definition) is 3. The summed E-state index contributed by atoms with van der Waals surface area (Å²) in [6, 6.07) is 0. The molecule has 4 aliphatic rings. The van der Waals surface area contributed by atoms with Crippen molar-refractivity contribution in [1.29, 1.82) is 0 Å². The van der Waals surface area contributed by atoms with E-state index in [9.17, 15) is 29.7 Å². The molecule has 2 fully saturated rings. The molecule has 37 heavy (non-hydrogen) atoms. The first-order valence-corrected chi connectivity index (χ1v) is 13.5. The zero-order valence-corrected chi connectivity index (χ0v) is 23.2. The van der Waals surface area contributed by atoms with Gasteiger partial charge in [-0.05, 0) is 24.5 Å². The Kier molecular flexibility index (Phi) is 6.62. The second kappa shape index (κ2) is 8.75. The highest BCUT2D eigenvalue weighted by molar-refractivity contribution is 6.04. The smallest absolute Gasteiger partial charge is 0.309 e. The van der Waals surface area contributed by atoms with Crippen LogP contribution in [0.5, 0.6) is 0 Å². The van der Waals surface area contributed by atoms with Crippen molar-refractivity contribution in [2.45, 2.75) is 91.1 Å². The molecule has 4 aliphatic carbocycles. The topological polar surface area (TPSA) is 130 Å². The van der Waals surface area contributed by atoms with Crippen LogP contribution in [0.3, 0.4) is 0 Å². The largest absolute Gasteiger partial charge is 0.457 e. The molecule has 2 saturated carbocycles. The first-order valence-electron chi connectivity index (χ1n) is 13.5. The number of Topliss-reactive ketones (excluding diaryl/α,β-unsaturated/α-hetero) is 1. The summed E-state index contributed by atoms with van der Waals surface area (Å²) in [5.74, 6) is -5.15. The van der Waals surface area contributed by atoms with Crippen LogP contribution in [0.1, 0.15) is 68.2 Å². The number of ether oxygens (including phenoxy) is 2. The molecule has 0 saturated heterocycles. The van der Waals surface area contributed by atoms with Gasteiger partial charge in [-0.25, -0.2) is 0 Å². The Labute approximate surface area is 219 Å². The summed E-state index contributed by atoms with van der Waals surface area (Å²) in [6.45, 7) is 13.9. The number of aliphatic hydroxyl groups excluding tert-OH is 1. The number of carbonyl (C=O) groups is 3. The zero-order chi connectivity index (χ0) is 27.9. The Balaban J connectivity index is 1.94. The van der Waals surface area contributed by atoms with E-state index in [1.165, 1.54) is 0 Å². The van der Waals surface area contributed by atoms with Gasteiger partial charge in [0.2, 0.25) is 0 Å². The van der Waals surface area contributed by atoms with Gasteiger partial charge in [0.15, 0.2) is 11.4 Å². The molecule has 0 aromatic rings. The Morgan fingerprint density at radius 2 is 1.76 bits per heavy atom. The number of carbonyl (C=O) groups excluding carboxylic acids is 3. The Hall–Kier alpha value is -2.03. The fourth-order valence-electron chi connectivity index (χ4n) is 7.52. The minimum absolute atomic E-state index is 0.115. The van der Waals surface area contributed by atoms with Crippen molar-refractivity contribution < 1.29 is 39.2 Å². The van der Waals surface area contributed by atoms with E-state index in [1.807, 2.05) is 20.8 Å². The van der Waals surface area contributed by atoms with Crippen molar-refractivity contribution in [3.05, 3.63) is 23.3 Å². The summed E-state index contributed by atoms with van der Waals surface area (Å²) in [5.41, 5.74) is -4.78. The SMILES string of the molecule is CC[C@H](C)C(=O)O[C@@H]1[C@H](C)[C@]2(O)[C@H](C=C(CO)C[C@]3(O)C(=O)C(C)=C[C@H]23)[C@H]2C(C)(C)[C@]12OC(=O)C(C)C. The lowest BCUT2D eigenvalue weighted by molar-refractivity contribution is -0.231. The van der Waals surface area contributed by atoms with E-state index in [0.29, 0.717) is 17.6 Å². The van der Waals surface area contributed by atoms with Crippen LogP contribution in [0.2, 0.25) is 0 Å². The molecule has 206 valence electrons. The van der Waals surface area contributed by atoms with E-state index >= 15 is 0 Å². The van der Waals surface area contributed by atoms with E-state index in [2.05, 4.69) is 0 Å². The van der Waals surface area contributed by atoms with Gasteiger partial charge in [-0.2, -0.15) is 0 Å². The van der Waals surface area contributed by atoms with Crippen LogP contribution in [0.15, 0.2) is 23.3 Å².